The van der Waals surface area contributed by atoms with Crippen molar-refractivity contribution in [2.45, 2.75) is 45.5 Å². The van der Waals surface area contributed by atoms with E-state index in [2.05, 4.69) is 5.16 Å². The highest BCUT2D eigenvalue weighted by molar-refractivity contribution is 5.98. The first-order valence-corrected chi connectivity index (χ1v) is 12.7. The molecule has 0 spiro atoms. The highest BCUT2D eigenvalue weighted by atomic mass is 19.4. The van der Waals surface area contributed by atoms with Gasteiger partial charge in [-0.3, -0.25) is 4.79 Å². The molecular weight excluding hydrogens is 505 g/mol. The molecule has 204 valence electrons. The van der Waals surface area contributed by atoms with Gasteiger partial charge in [-0.1, -0.05) is 72.7 Å². The third kappa shape index (κ3) is 6.40. The molecule has 0 amide bonds. The molecule has 1 aromatic heterocycles. The third-order valence-electron chi connectivity index (χ3n) is 7.11. The van der Waals surface area contributed by atoms with Crippen LogP contribution in [0.3, 0.4) is 0 Å². The second kappa shape index (κ2) is 11.9. The van der Waals surface area contributed by atoms with Crippen LogP contribution in [-0.4, -0.2) is 28.2 Å². The minimum Gasteiger partial charge on any atom is -0.395 e. The van der Waals surface area contributed by atoms with Crippen molar-refractivity contribution in [2.75, 3.05) is 6.61 Å². The first-order valence-electron chi connectivity index (χ1n) is 12.7. The Morgan fingerprint density at radius 1 is 1.00 bits per heavy atom. The number of rotatable bonds is 10. The number of benzene rings is 3. The van der Waals surface area contributed by atoms with Crippen LogP contribution in [0.1, 0.15) is 42.9 Å². The Morgan fingerprint density at radius 2 is 1.72 bits per heavy atom. The van der Waals surface area contributed by atoms with Crippen LogP contribution < -0.4 is 5.43 Å². The van der Waals surface area contributed by atoms with Gasteiger partial charge in [-0.15, -0.1) is 0 Å². The minimum absolute atomic E-state index is 0.265. The molecule has 4 rings (SSSR count). The molecule has 0 saturated heterocycles. The number of nitrogens with zero attached hydrogens (tertiary/aromatic N) is 2. The van der Waals surface area contributed by atoms with E-state index in [0.717, 1.165) is 11.1 Å². The summed E-state index contributed by atoms with van der Waals surface area (Å²) in [5, 5.41) is 14.7. The number of hydrogen-bond donors (Lipinski definition) is 1. The van der Waals surface area contributed by atoms with E-state index in [9.17, 15) is 23.1 Å². The maximum atomic E-state index is 14.6. The predicted molar refractivity (Wildman–Crippen MR) is 147 cm³/mol. The molecule has 2 unspecified atom stereocenters. The summed E-state index contributed by atoms with van der Waals surface area (Å²) in [4.78, 5) is 17.7. The van der Waals surface area contributed by atoms with Crippen molar-refractivity contribution in [1.82, 2.24) is 4.57 Å². The molecule has 0 saturated carbocycles. The smallest absolute Gasteiger partial charge is 0.395 e. The fourth-order valence-electron chi connectivity index (χ4n) is 4.80. The second-order valence-electron chi connectivity index (χ2n) is 9.93. The van der Waals surface area contributed by atoms with Gasteiger partial charge in [0.1, 0.15) is 12.0 Å². The van der Waals surface area contributed by atoms with Gasteiger partial charge in [-0.25, -0.2) is 0 Å². The lowest BCUT2D eigenvalue weighted by Gasteiger charge is -2.37. The average molecular weight is 537 g/mol. The number of aliphatic hydroxyl groups excluding tert-OH is 1. The van der Waals surface area contributed by atoms with Crippen molar-refractivity contribution in [3.8, 4) is 0 Å². The summed E-state index contributed by atoms with van der Waals surface area (Å²) in [6.07, 6.45) is -3.68. The van der Waals surface area contributed by atoms with Gasteiger partial charge in [0.15, 0.2) is 5.43 Å². The normalized spacial score (nSPS) is 14.7. The van der Waals surface area contributed by atoms with E-state index in [0.29, 0.717) is 28.8 Å². The number of oxime groups is 1. The summed E-state index contributed by atoms with van der Waals surface area (Å²) in [5.41, 5.74) is 0.700. The first-order chi connectivity index (χ1) is 18.6. The van der Waals surface area contributed by atoms with E-state index in [4.69, 9.17) is 4.84 Å². The van der Waals surface area contributed by atoms with Crippen LogP contribution in [0.15, 0.2) is 101 Å². The van der Waals surface area contributed by atoms with E-state index in [-0.39, 0.29) is 11.8 Å². The summed E-state index contributed by atoms with van der Waals surface area (Å²) in [6.45, 7) is 2.19. The Hall–Kier alpha value is -3.91. The number of fused-ring (bicyclic) bond motifs is 1. The van der Waals surface area contributed by atoms with E-state index < -0.39 is 30.7 Å². The zero-order valence-electron chi connectivity index (χ0n) is 21.9. The molecule has 8 heteroatoms. The lowest BCUT2D eigenvalue weighted by Crippen LogP contribution is -2.46. The zero-order valence-corrected chi connectivity index (χ0v) is 21.9. The van der Waals surface area contributed by atoms with Crippen LogP contribution in [-0.2, 0) is 18.0 Å². The number of pyridine rings is 1. The molecule has 0 fully saturated rings. The largest absolute Gasteiger partial charge is 0.398 e. The highest BCUT2D eigenvalue weighted by Crippen LogP contribution is 2.46. The summed E-state index contributed by atoms with van der Waals surface area (Å²) >= 11 is 0. The Bertz CT molecular complexity index is 1500. The standard InChI is InChI=1S/C31H31F3N2O3/c1-22(25-11-8-12-26(17-25)23(2)35-39-19-24-9-4-3-5-10-24)18-30(21-37,31(32,33)34)20-36-16-15-29(38)27-13-6-7-14-28(27)36/h3-17,22,37H,18-21H2,1-2H3/b35-23+. The Kier molecular flexibility index (Phi) is 8.55. The second-order valence-corrected chi connectivity index (χ2v) is 9.93. The lowest BCUT2D eigenvalue weighted by molar-refractivity contribution is -0.244. The number of halogens is 3. The van der Waals surface area contributed by atoms with Crippen LogP contribution in [0, 0.1) is 5.41 Å². The summed E-state index contributed by atoms with van der Waals surface area (Å²) < 4.78 is 45.3. The summed E-state index contributed by atoms with van der Waals surface area (Å²) in [6, 6.07) is 24.6. The molecule has 0 bridgehead atoms. The minimum atomic E-state index is -4.69. The quantitative estimate of drug-likeness (QED) is 0.182. The Balaban J connectivity index is 1.58. The maximum absolute atomic E-state index is 14.6. The van der Waals surface area contributed by atoms with Gasteiger partial charge in [-0.2, -0.15) is 13.2 Å². The van der Waals surface area contributed by atoms with Gasteiger partial charge in [-0.05, 0) is 54.2 Å². The average Bonchev–Trinajstić information content (AvgIpc) is 2.94. The van der Waals surface area contributed by atoms with Crippen molar-refractivity contribution < 1.29 is 23.1 Å². The monoisotopic (exact) mass is 536 g/mol. The molecule has 0 aliphatic rings. The van der Waals surface area contributed by atoms with E-state index in [1.165, 1.54) is 16.8 Å². The number of aromatic nitrogens is 1. The van der Waals surface area contributed by atoms with Crippen LogP contribution in [0.25, 0.3) is 10.9 Å². The molecule has 0 radical (unpaired) electrons. The zero-order chi connectivity index (χ0) is 28.0. The molecule has 2 atom stereocenters. The molecule has 1 heterocycles. The van der Waals surface area contributed by atoms with E-state index >= 15 is 0 Å². The molecular formula is C31H31F3N2O3. The number of alkyl halides is 3. The molecule has 4 aromatic rings. The van der Waals surface area contributed by atoms with E-state index in [1.54, 1.807) is 50.2 Å². The van der Waals surface area contributed by atoms with E-state index in [1.807, 2.05) is 42.5 Å². The van der Waals surface area contributed by atoms with Crippen molar-refractivity contribution in [3.63, 3.8) is 0 Å². The number of hydrogen-bond acceptors (Lipinski definition) is 4. The van der Waals surface area contributed by atoms with Crippen LogP contribution >= 0.6 is 0 Å². The summed E-state index contributed by atoms with van der Waals surface area (Å²) in [7, 11) is 0. The molecule has 0 aliphatic heterocycles. The highest BCUT2D eigenvalue weighted by Gasteiger charge is 2.55. The van der Waals surface area contributed by atoms with Crippen molar-refractivity contribution in [2.24, 2.45) is 10.6 Å². The van der Waals surface area contributed by atoms with Gasteiger partial charge in [0.2, 0.25) is 0 Å². The molecule has 5 nitrogen and oxygen atoms in total. The first kappa shape index (κ1) is 28.1. The van der Waals surface area contributed by atoms with Gasteiger partial charge in [0.25, 0.3) is 0 Å². The van der Waals surface area contributed by atoms with Crippen molar-refractivity contribution in [3.05, 3.63) is 118 Å². The third-order valence-corrected chi connectivity index (χ3v) is 7.11. The van der Waals surface area contributed by atoms with Crippen LogP contribution in [0.2, 0.25) is 0 Å². The maximum Gasteiger partial charge on any atom is 0.398 e. The van der Waals surface area contributed by atoms with Gasteiger partial charge in [0, 0.05) is 24.2 Å². The Morgan fingerprint density at radius 3 is 2.44 bits per heavy atom. The Labute approximate surface area is 225 Å². The van der Waals surface area contributed by atoms with Crippen LogP contribution in [0.5, 0.6) is 0 Å². The lowest BCUT2D eigenvalue weighted by atomic mass is 9.77. The SMILES string of the molecule is C/C(=N\OCc1ccccc1)c1cccc(C(C)CC(CO)(Cn2ccc(=O)c3ccccc32)C(F)(F)F)c1. The molecule has 1 N–H and O–H groups in total. The molecule has 3 aromatic carbocycles. The van der Waals surface area contributed by atoms with Gasteiger partial charge < -0.3 is 14.5 Å². The summed E-state index contributed by atoms with van der Waals surface area (Å²) in [5.74, 6) is -0.539. The number of aliphatic hydroxyl groups is 1. The fourth-order valence-corrected chi connectivity index (χ4v) is 4.80. The molecule has 0 aliphatic carbocycles. The number of para-hydroxylation sites is 1. The topological polar surface area (TPSA) is 63.8 Å². The van der Waals surface area contributed by atoms with Crippen molar-refractivity contribution in [1.29, 1.82) is 0 Å². The fraction of sp³-hybridized carbons (Fsp3) is 0.290. The van der Waals surface area contributed by atoms with Gasteiger partial charge >= 0.3 is 6.18 Å². The molecule has 39 heavy (non-hydrogen) atoms. The van der Waals surface area contributed by atoms with Crippen molar-refractivity contribution >= 4 is 16.6 Å². The van der Waals surface area contributed by atoms with Gasteiger partial charge in [0.05, 0.1) is 17.8 Å². The van der Waals surface area contributed by atoms with Crippen LogP contribution in [0.4, 0.5) is 13.2 Å². The predicted octanol–water partition coefficient (Wildman–Crippen LogP) is 6.68.